The van der Waals surface area contributed by atoms with Gasteiger partial charge in [-0.05, 0) is 18.9 Å². The van der Waals surface area contributed by atoms with Gasteiger partial charge in [0.1, 0.15) is 0 Å². The largest absolute Gasteiger partial charge is 0.494 e. The molecular weight excluding hydrogens is 240 g/mol. The third-order valence-corrected chi connectivity index (χ3v) is 4.34. The molecule has 0 saturated heterocycles. The van der Waals surface area contributed by atoms with Gasteiger partial charge in [0.05, 0.1) is 5.39 Å². The average molecular weight is 260 g/mol. The maximum absolute atomic E-state index is 10.4. The number of aromatic hydroxyl groups is 1. The van der Waals surface area contributed by atoms with Crippen molar-refractivity contribution >= 4 is 16.5 Å². The fourth-order valence-electron chi connectivity index (χ4n) is 3.31. The van der Waals surface area contributed by atoms with Crippen LogP contribution in [0.2, 0.25) is 0 Å². The maximum atomic E-state index is 10.4. The van der Waals surface area contributed by atoms with E-state index < -0.39 is 0 Å². The molecule has 19 heavy (non-hydrogen) atoms. The van der Waals surface area contributed by atoms with Crippen LogP contribution in [0.3, 0.4) is 0 Å². The molecule has 2 atom stereocenters. The molecule has 0 amide bonds. The highest BCUT2D eigenvalue weighted by Gasteiger charge is 2.28. The number of aliphatic hydroxyl groups is 1. The Bertz CT molecular complexity index is 591. The molecule has 4 heteroatoms. The number of nitrogen functional groups attached to an aromatic ring is 1. The molecule has 1 aliphatic rings. The minimum Gasteiger partial charge on any atom is -0.494 e. The number of benzene rings is 1. The summed E-state index contributed by atoms with van der Waals surface area (Å²) < 4.78 is 1.90. The Morgan fingerprint density at radius 1 is 1.26 bits per heavy atom. The molecule has 1 aromatic carbocycles. The van der Waals surface area contributed by atoms with Crippen molar-refractivity contribution in [1.82, 2.24) is 4.57 Å². The molecule has 0 unspecified atom stereocenters. The van der Waals surface area contributed by atoms with Gasteiger partial charge in [0.25, 0.3) is 0 Å². The summed E-state index contributed by atoms with van der Waals surface area (Å²) in [6, 6.07) is 5.83. The first kappa shape index (κ1) is 12.4. The standard InChI is InChI=1S/C15H20N2O2/c16-12-6-3-5-10-8-17(15(19)14(10)12)13-7-2-1-4-11(13)9-18/h3,5-6,8,11,13,18-19H,1-2,4,7,9,16H2/t11-,13-/m1/s1. The molecule has 1 fully saturated rings. The van der Waals surface area contributed by atoms with E-state index in [2.05, 4.69) is 0 Å². The Balaban J connectivity index is 2.09. The van der Waals surface area contributed by atoms with Gasteiger partial charge >= 0.3 is 0 Å². The highest BCUT2D eigenvalue weighted by molar-refractivity contribution is 5.97. The van der Waals surface area contributed by atoms with Gasteiger partial charge in [-0.3, -0.25) is 0 Å². The Morgan fingerprint density at radius 3 is 2.79 bits per heavy atom. The van der Waals surface area contributed by atoms with E-state index in [1.807, 2.05) is 22.9 Å². The summed E-state index contributed by atoms with van der Waals surface area (Å²) in [6.07, 6.45) is 6.28. The lowest BCUT2D eigenvalue weighted by Gasteiger charge is -2.31. The van der Waals surface area contributed by atoms with Crippen molar-refractivity contribution in [2.24, 2.45) is 5.92 Å². The molecular formula is C15H20N2O2. The summed E-state index contributed by atoms with van der Waals surface area (Å²) in [5, 5.41) is 21.6. The zero-order valence-corrected chi connectivity index (χ0v) is 10.9. The van der Waals surface area contributed by atoms with Gasteiger partial charge in [0, 0.05) is 35.8 Å². The van der Waals surface area contributed by atoms with Gasteiger partial charge in [-0.25, -0.2) is 0 Å². The molecule has 1 saturated carbocycles. The molecule has 4 nitrogen and oxygen atoms in total. The third-order valence-electron chi connectivity index (χ3n) is 4.34. The molecule has 1 aromatic heterocycles. The first-order valence-electron chi connectivity index (χ1n) is 6.91. The zero-order valence-electron chi connectivity index (χ0n) is 10.9. The van der Waals surface area contributed by atoms with E-state index in [4.69, 9.17) is 5.73 Å². The summed E-state index contributed by atoms with van der Waals surface area (Å²) >= 11 is 0. The summed E-state index contributed by atoms with van der Waals surface area (Å²) in [5.41, 5.74) is 6.55. The lowest BCUT2D eigenvalue weighted by Crippen LogP contribution is -2.25. The van der Waals surface area contributed by atoms with Crippen LogP contribution in [-0.2, 0) is 0 Å². The minimum absolute atomic E-state index is 0.172. The Kier molecular flexibility index (Phi) is 3.11. The number of nitrogens with two attached hydrogens (primary N) is 1. The summed E-state index contributed by atoms with van der Waals surface area (Å²) in [5.74, 6) is 0.459. The molecule has 4 N–H and O–H groups in total. The van der Waals surface area contributed by atoms with Gasteiger partial charge in [-0.2, -0.15) is 0 Å². The topological polar surface area (TPSA) is 71.4 Å². The fraction of sp³-hybridized carbons (Fsp3) is 0.467. The van der Waals surface area contributed by atoms with E-state index in [0.717, 1.165) is 36.5 Å². The first-order chi connectivity index (χ1) is 9.22. The third kappa shape index (κ3) is 1.96. The predicted octanol–water partition coefficient (Wildman–Crippen LogP) is 2.65. The first-order valence-corrected chi connectivity index (χ1v) is 6.91. The second-order valence-corrected chi connectivity index (χ2v) is 5.47. The van der Waals surface area contributed by atoms with Gasteiger partial charge in [-0.15, -0.1) is 0 Å². The zero-order chi connectivity index (χ0) is 13.4. The number of rotatable bonds is 2. The van der Waals surface area contributed by atoms with Crippen LogP contribution >= 0.6 is 0 Å². The quantitative estimate of drug-likeness (QED) is 0.727. The molecule has 3 rings (SSSR count). The van der Waals surface area contributed by atoms with Crippen LogP contribution in [0.4, 0.5) is 5.69 Å². The molecule has 2 aromatic rings. The molecule has 0 bridgehead atoms. The highest BCUT2D eigenvalue weighted by atomic mass is 16.3. The van der Waals surface area contributed by atoms with Crippen LogP contribution in [-0.4, -0.2) is 21.4 Å². The fourth-order valence-corrected chi connectivity index (χ4v) is 3.31. The molecule has 1 aliphatic carbocycles. The monoisotopic (exact) mass is 260 g/mol. The van der Waals surface area contributed by atoms with Gasteiger partial charge in [0.2, 0.25) is 5.88 Å². The Hall–Kier alpha value is -1.68. The number of aromatic nitrogens is 1. The number of nitrogens with zero attached hydrogens (tertiary/aromatic N) is 1. The van der Waals surface area contributed by atoms with Crippen molar-refractivity contribution in [2.45, 2.75) is 31.7 Å². The van der Waals surface area contributed by atoms with Gasteiger partial charge < -0.3 is 20.5 Å². The van der Waals surface area contributed by atoms with Crippen LogP contribution in [0.25, 0.3) is 10.8 Å². The van der Waals surface area contributed by atoms with Crippen LogP contribution < -0.4 is 5.73 Å². The van der Waals surface area contributed by atoms with Crippen molar-refractivity contribution in [2.75, 3.05) is 12.3 Å². The molecule has 0 radical (unpaired) electrons. The van der Waals surface area contributed by atoms with Crippen molar-refractivity contribution in [3.05, 3.63) is 24.4 Å². The van der Waals surface area contributed by atoms with E-state index in [0.29, 0.717) is 5.69 Å². The predicted molar refractivity (Wildman–Crippen MR) is 76.1 cm³/mol. The number of aliphatic hydroxyl groups excluding tert-OH is 1. The summed E-state index contributed by atoms with van der Waals surface area (Å²) in [6.45, 7) is 0.175. The second kappa shape index (κ2) is 4.78. The SMILES string of the molecule is Nc1cccc2cn([C@@H]3CCCC[C@@H]3CO)c(O)c12. The van der Waals surface area contributed by atoms with E-state index >= 15 is 0 Å². The van der Waals surface area contributed by atoms with Crippen LogP contribution in [0, 0.1) is 5.92 Å². The van der Waals surface area contributed by atoms with Gasteiger partial charge in [0.15, 0.2) is 0 Å². The van der Waals surface area contributed by atoms with Crippen molar-refractivity contribution in [3.63, 3.8) is 0 Å². The Labute approximate surface area is 112 Å². The summed E-state index contributed by atoms with van der Waals surface area (Å²) in [7, 11) is 0. The molecule has 102 valence electrons. The highest BCUT2D eigenvalue weighted by Crippen LogP contribution is 2.40. The van der Waals surface area contributed by atoms with Crippen molar-refractivity contribution in [3.8, 4) is 5.88 Å². The van der Waals surface area contributed by atoms with E-state index in [-0.39, 0.29) is 24.4 Å². The van der Waals surface area contributed by atoms with E-state index in [1.165, 1.54) is 0 Å². The van der Waals surface area contributed by atoms with Gasteiger partial charge in [-0.1, -0.05) is 25.0 Å². The maximum Gasteiger partial charge on any atom is 0.201 e. The van der Waals surface area contributed by atoms with Crippen LogP contribution in [0.15, 0.2) is 24.4 Å². The number of fused-ring (bicyclic) bond motifs is 1. The smallest absolute Gasteiger partial charge is 0.201 e. The molecule has 0 spiro atoms. The number of hydrogen-bond donors (Lipinski definition) is 3. The molecule has 1 heterocycles. The lowest BCUT2D eigenvalue weighted by atomic mass is 9.85. The number of anilines is 1. The summed E-state index contributed by atoms with van der Waals surface area (Å²) in [4.78, 5) is 0. The molecule has 0 aliphatic heterocycles. The van der Waals surface area contributed by atoms with Crippen LogP contribution in [0.5, 0.6) is 5.88 Å². The second-order valence-electron chi connectivity index (χ2n) is 5.47. The number of hydrogen-bond acceptors (Lipinski definition) is 3. The van der Waals surface area contributed by atoms with Crippen molar-refractivity contribution in [1.29, 1.82) is 0 Å². The minimum atomic E-state index is 0.172. The van der Waals surface area contributed by atoms with Crippen molar-refractivity contribution < 1.29 is 10.2 Å². The Morgan fingerprint density at radius 2 is 2.05 bits per heavy atom. The normalized spacial score (nSPS) is 23.8. The van der Waals surface area contributed by atoms with E-state index in [1.54, 1.807) is 6.07 Å². The van der Waals surface area contributed by atoms with E-state index in [9.17, 15) is 10.2 Å². The lowest BCUT2D eigenvalue weighted by molar-refractivity contribution is 0.134. The average Bonchev–Trinajstić information content (AvgIpc) is 2.77. The van der Waals surface area contributed by atoms with Crippen LogP contribution in [0.1, 0.15) is 31.7 Å².